The van der Waals surface area contributed by atoms with Crippen LogP contribution in [0.5, 0.6) is 0 Å². The first-order valence-corrected chi connectivity index (χ1v) is 8.09. The summed E-state index contributed by atoms with van der Waals surface area (Å²) < 4.78 is 8.69. The van der Waals surface area contributed by atoms with Crippen molar-refractivity contribution in [2.75, 3.05) is 19.1 Å². The Bertz CT molecular complexity index is 571. The molecular formula is C14H19BrClN3O. The number of alkyl halides is 1. The van der Waals surface area contributed by atoms with E-state index in [0.29, 0.717) is 18.4 Å². The minimum Gasteiger partial charge on any atom is -0.379 e. The van der Waals surface area contributed by atoms with Crippen LogP contribution in [0.1, 0.15) is 19.7 Å². The first kappa shape index (κ1) is 15.7. The Morgan fingerprint density at radius 2 is 2.25 bits per heavy atom. The number of imidazole rings is 1. The molecular weight excluding hydrogens is 342 g/mol. The minimum atomic E-state index is 0.547. The smallest absolute Gasteiger partial charge is 0.160 e. The Balaban J connectivity index is 2.17. The van der Waals surface area contributed by atoms with E-state index in [9.17, 15) is 0 Å². The molecule has 20 heavy (non-hydrogen) atoms. The highest BCUT2D eigenvalue weighted by Gasteiger charge is 2.11. The van der Waals surface area contributed by atoms with Crippen molar-refractivity contribution in [2.24, 2.45) is 5.92 Å². The third-order valence-electron chi connectivity index (χ3n) is 2.86. The van der Waals surface area contributed by atoms with E-state index in [4.69, 9.17) is 16.3 Å². The summed E-state index contributed by atoms with van der Waals surface area (Å²) >= 11 is 9.28. The summed E-state index contributed by atoms with van der Waals surface area (Å²) in [6, 6.07) is 1.98. The van der Waals surface area contributed by atoms with E-state index in [1.165, 1.54) is 0 Å². The van der Waals surface area contributed by atoms with Crippen LogP contribution in [-0.4, -0.2) is 33.6 Å². The maximum Gasteiger partial charge on any atom is 0.160 e. The van der Waals surface area contributed by atoms with Crippen molar-refractivity contribution in [1.82, 2.24) is 14.5 Å². The molecule has 110 valence electrons. The fraction of sp³-hybridized carbons (Fsp3) is 0.571. The Labute approximate surface area is 132 Å². The molecule has 2 aromatic heterocycles. The molecule has 0 bridgehead atoms. The van der Waals surface area contributed by atoms with E-state index in [1.54, 1.807) is 6.20 Å². The van der Waals surface area contributed by atoms with Crippen molar-refractivity contribution in [1.29, 1.82) is 0 Å². The Hall–Kier alpha value is -0.650. The van der Waals surface area contributed by atoms with Crippen LogP contribution < -0.4 is 0 Å². The average molecular weight is 361 g/mol. The molecule has 0 aromatic carbocycles. The molecule has 2 aromatic rings. The molecule has 0 amide bonds. The fourth-order valence-electron chi connectivity index (χ4n) is 2.02. The summed E-state index contributed by atoms with van der Waals surface area (Å²) in [4.78, 5) is 9.06. The van der Waals surface area contributed by atoms with Gasteiger partial charge >= 0.3 is 0 Å². The van der Waals surface area contributed by atoms with Crippen LogP contribution in [-0.2, 0) is 17.7 Å². The van der Waals surface area contributed by atoms with Crippen molar-refractivity contribution in [3.05, 3.63) is 22.6 Å². The second kappa shape index (κ2) is 7.38. The lowest BCUT2D eigenvalue weighted by atomic mass is 10.2. The molecule has 0 spiro atoms. The van der Waals surface area contributed by atoms with Crippen LogP contribution in [0.4, 0.5) is 0 Å². The summed E-state index contributed by atoms with van der Waals surface area (Å²) in [5.74, 6) is 2.07. The highest BCUT2D eigenvalue weighted by Crippen LogP contribution is 2.19. The summed E-state index contributed by atoms with van der Waals surface area (Å²) in [5.41, 5.74) is 1.78. The number of hydrogen-bond donors (Lipinski definition) is 0. The number of ether oxygens (including phenoxy) is 1. The first-order chi connectivity index (χ1) is 9.61. The van der Waals surface area contributed by atoms with Gasteiger partial charge in [-0.05, 0) is 27.9 Å². The van der Waals surface area contributed by atoms with Crippen LogP contribution in [0.3, 0.4) is 0 Å². The van der Waals surface area contributed by atoms with E-state index >= 15 is 0 Å². The summed E-state index contributed by atoms with van der Waals surface area (Å²) in [5, 5.41) is 0. The Kier molecular flexibility index (Phi) is 5.81. The lowest BCUT2D eigenvalue weighted by molar-refractivity contribution is 0.103. The lowest BCUT2D eigenvalue weighted by Crippen LogP contribution is -2.12. The molecule has 0 radical (unpaired) electrons. The second-order valence-corrected chi connectivity index (χ2v) is 6.38. The predicted octanol–water partition coefficient (Wildman–Crippen LogP) is 3.65. The quantitative estimate of drug-likeness (QED) is 0.559. The van der Waals surface area contributed by atoms with Gasteiger partial charge in [0.1, 0.15) is 11.3 Å². The van der Waals surface area contributed by atoms with Gasteiger partial charge < -0.3 is 9.30 Å². The number of halogens is 2. The second-order valence-electron chi connectivity index (χ2n) is 5.08. The molecule has 6 heteroatoms. The van der Waals surface area contributed by atoms with Crippen molar-refractivity contribution in [3.8, 4) is 0 Å². The minimum absolute atomic E-state index is 0.547. The molecule has 2 heterocycles. The zero-order chi connectivity index (χ0) is 14.5. The van der Waals surface area contributed by atoms with Crippen molar-refractivity contribution >= 4 is 38.7 Å². The molecule has 2 rings (SSSR count). The van der Waals surface area contributed by atoms with Gasteiger partial charge in [0, 0.05) is 36.1 Å². The van der Waals surface area contributed by atoms with E-state index in [1.807, 2.05) is 6.07 Å². The molecule has 0 aliphatic heterocycles. The number of aryl methyl sites for hydroxylation is 1. The van der Waals surface area contributed by atoms with Gasteiger partial charge in [-0.25, -0.2) is 9.97 Å². The molecule has 0 N–H and O–H groups in total. The first-order valence-electron chi connectivity index (χ1n) is 6.76. The standard InChI is InChI=1S/C14H19BrClN3O/c1-10(2)9-20-6-5-19-13(3-4-16)18-12-7-11(15)8-17-14(12)19/h7-8,10H,3-6,9H2,1-2H3. The Morgan fingerprint density at radius 3 is 2.95 bits per heavy atom. The molecule has 0 atom stereocenters. The number of pyridine rings is 1. The van der Waals surface area contributed by atoms with Crippen LogP contribution in [0, 0.1) is 5.92 Å². The number of fused-ring (bicyclic) bond motifs is 1. The zero-order valence-corrected chi connectivity index (χ0v) is 14.1. The van der Waals surface area contributed by atoms with Gasteiger partial charge in [-0.1, -0.05) is 13.8 Å². The number of rotatable bonds is 7. The van der Waals surface area contributed by atoms with Gasteiger partial charge in [-0.2, -0.15) is 0 Å². The summed E-state index contributed by atoms with van der Waals surface area (Å²) in [6.07, 6.45) is 2.53. The fourth-order valence-corrected chi connectivity index (χ4v) is 2.51. The maximum absolute atomic E-state index is 5.86. The van der Waals surface area contributed by atoms with Gasteiger partial charge in [0.05, 0.1) is 6.61 Å². The third-order valence-corrected chi connectivity index (χ3v) is 3.48. The van der Waals surface area contributed by atoms with Crippen molar-refractivity contribution in [2.45, 2.75) is 26.8 Å². The normalized spacial score (nSPS) is 11.7. The molecule has 0 unspecified atom stereocenters. The van der Waals surface area contributed by atoms with Crippen LogP contribution in [0.15, 0.2) is 16.7 Å². The van der Waals surface area contributed by atoms with Crippen molar-refractivity contribution < 1.29 is 4.74 Å². The zero-order valence-electron chi connectivity index (χ0n) is 11.8. The maximum atomic E-state index is 5.86. The van der Waals surface area contributed by atoms with E-state index in [-0.39, 0.29) is 0 Å². The van der Waals surface area contributed by atoms with E-state index < -0.39 is 0 Å². The summed E-state index contributed by atoms with van der Waals surface area (Å²) in [6.45, 7) is 6.48. The van der Waals surface area contributed by atoms with Gasteiger partial charge in [-0.3, -0.25) is 0 Å². The molecule has 4 nitrogen and oxygen atoms in total. The van der Waals surface area contributed by atoms with Crippen LogP contribution in [0.2, 0.25) is 0 Å². The molecule has 0 aliphatic carbocycles. The number of aromatic nitrogens is 3. The number of hydrogen-bond acceptors (Lipinski definition) is 3. The average Bonchev–Trinajstić information content (AvgIpc) is 2.72. The molecule has 0 saturated heterocycles. The highest BCUT2D eigenvalue weighted by atomic mass is 79.9. The van der Waals surface area contributed by atoms with Gasteiger partial charge in [0.25, 0.3) is 0 Å². The monoisotopic (exact) mass is 359 g/mol. The molecule has 0 fully saturated rings. The topological polar surface area (TPSA) is 39.9 Å². The molecule has 0 saturated carbocycles. The largest absolute Gasteiger partial charge is 0.379 e. The number of nitrogens with zero attached hydrogens (tertiary/aromatic N) is 3. The molecule has 0 aliphatic rings. The predicted molar refractivity (Wildman–Crippen MR) is 85.3 cm³/mol. The van der Waals surface area contributed by atoms with Crippen molar-refractivity contribution in [3.63, 3.8) is 0 Å². The van der Waals surface area contributed by atoms with Crippen LogP contribution >= 0.6 is 27.5 Å². The summed E-state index contributed by atoms with van der Waals surface area (Å²) in [7, 11) is 0. The van der Waals surface area contributed by atoms with E-state index in [2.05, 4.69) is 44.3 Å². The van der Waals surface area contributed by atoms with Gasteiger partial charge in [0.15, 0.2) is 5.65 Å². The lowest BCUT2D eigenvalue weighted by Gasteiger charge is -2.10. The van der Waals surface area contributed by atoms with Gasteiger partial charge in [-0.15, -0.1) is 11.6 Å². The van der Waals surface area contributed by atoms with Crippen LogP contribution in [0.25, 0.3) is 11.2 Å². The Morgan fingerprint density at radius 1 is 1.45 bits per heavy atom. The SMILES string of the molecule is CC(C)COCCn1c(CCCl)nc2cc(Br)cnc21. The van der Waals surface area contributed by atoms with E-state index in [0.717, 1.165) is 41.0 Å². The third kappa shape index (κ3) is 3.93. The highest BCUT2D eigenvalue weighted by molar-refractivity contribution is 9.10. The van der Waals surface area contributed by atoms with Gasteiger partial charge in [0.2, 0.25) is 0 Å².